The van der Waals surface area contributed by atoms with Gasteiger partial charge in [0.1, 0.15) is 23.2 Å². The predicted octanol–water partition coefficient (Wildman–Crippen LogP) is 1.85. The van der Waals surface area contributed by atoms with Crippen molar-refractivity contribution in [3.63, 3.8) is 0 Å². The molecule has 0 saturated heterocycles. The Kier molecular flexibility index (Phi) is 3.71. The molecule has 2 N–H and O–H groups in total. The first-order valence-electron chi connectivity index (χ1n) is 5.25. The topological polar surface area (TPSA) is 90.9 Å². The molecule has 1 aromatic heterocycles. The minimum Gasteiger partial charge on any atom is -0.507 e. The Bertz CT molecular complexity index is 688. The molecule has 1 heterocycles. The van der Waals surface area contributed by atoms with Crippen molar-refractivity contribution in [1.29, 1.82) is 5.26 Å². The number of amides is 1. The van der Waals surface area contributed by atoms with Crippen LogP contribution in [0.1, 0.15) is 15.9 Å². The fourth-order valence-corrected chi connectivity index (χ4v) is 1.84. The molecule has 19 heavy (non-hydrogen) atoms. The fourth-order valence-electron chi connectivity index (χ4n) is 1.50. The number of benzene rings is 1. The normalized spacial score (nSPS) is 9.95. The molecule has 0 aliphatic heterocycles. The highest BCUT2D eigenvalue weighted by atomic mass is 127. The Balaban J connectivity index is 2.28. The van der Waals surface area contributed by atoms with Crippen molar-refractivity contribution in [1.82, 2.24) is 9.78 Å². The summed E-state index contributed by atoms with van der Waals surface area (Å²) in [5, 5.41) is 25.0. The van der Waals surface area contributed by atoms with Crippen LogP contribution in [0.2, 0.25) is 0 Å². The van der Waals surface area contributed by atoms with Gasteiger partial charge in [0.25, 0.3) is 5.91 Å². The number of aryl methyl sites for hydroxylation is 1. The molecule has 1 aromatic carbocycles. The second-order valence-corrected chi connectivity index (χ2v) is 4.92. The highest BCUT2D eigenvalue weighted by Crippen LogP contribution is 2.21. The summed E-state index contributed by atoms with van der Waals surface area (Å²) in [5.41, 5.74) is 0.591. The van der Waals surface area contributed by atoms with Gasteiger partial charge in [0, 0.05) is 12.6 Å². The van der Waals surface area contributed by atoms with E-state index in [1.54, 1.807) is 19.2 Å². The van der Waals surface area contributed by atoms with Crippen molar-refractivity contribution in [2.24, 2.45) is 7.05 Å². The van der Waals surface area contributed by atoms with Gasteiger partial charge in [-0.15, -0.1) is 0 Å². The minimum absolute atomic E-state index is 0.0405. The van der Waals surface area contributed by atoms with Crippen LogP contribution in [0.5, 0.6) is 5.75 Å². The van der Waals surface area contributed by atoms with Crippen LogP contribution < -0.4 is 5.32 Å². The lowest BCUT2D eigenvalue weighted by atomic mass is 10.2. The van der Waals surface area contributed by atoms with Gasteiger partial charge >= 0.3 is 0 Å². The first-order valence-corrected chi connectivity index (χ1v) is 6.32. The van der Waals surface area contributed by atoms with Gasteiger partial charge in [-0.2, -0.15) is 10.4 Å². The standard InChI is InChI=1S/C12H9IN4O2/c1-17-11(8(5-14)6-15-17)16-12(19)7-2-3-9(13)10(18)4-7/h2-4,6,18H,1H3,(H,16,19). The average molecular weight is 368 g/mol. The van der Waals surface area contributed by atoms with E-state index in [1.807, 2.05) is 28.7 Å². The molecule has 6 nitrogen and oxygen atoms in total. The van der Waals surface area contributed by atoms with E-state index in [0.29, 0.717) is 15.0 Å². The summed E-state index contributed by atoms with van der Waals surface area (Å²) < 4.78 is 2.07. The molecule has 0 radical (unpaired) electrons. The quantitative estimate of drug-likeness (QED) is 0.792. The number of nitriles is 1. The number of hydrogen-bond donors (Lipinski definition) is 2. The number of nitrogens with one attached hydrogen (secondary N) is 1. The summed E-state index contributed by atoms with van der Waals surface area (Å²) >= 11 is 1.96. The summed E-state index contributed by atoms with van der Waals surface area (Å²) in [6.07, 6.45) is 1.38. The van der Waals surface area contributed by atoms with Crippen molar-refractivity contribution in [2.75, 3.05) is 5.32 Å². The molecule has 0 bridgehead atoms. The first kappa shape index (κ1) is 13.4. The molecule has 1 amide bonds. The zero-order chi connectivity index (χ0) is 14.0. The monoisotopic (exact) mass is 368 g/mol. The van der Waals surface area contributed by atoms with Crippen LogP contribution in [0.25, 0.3) is 0 Å². The number of carbonyl (C=O) groups excluding carboxylic acids is 1. The maximum absolute atomic E-state index is 12.0. The van der Waals surface area contributed by atoms with Gasteiger partial charge in [-0.3, -0.25) is 9.48 Å². The first-order chi connectivity index (χ1) is 9.02. The number of carbonyl (C=O) groups is 1. The molecule has 96 valence electrons. The fraction of sp³-hybridized carbons (Fsp3) is 0.0833. The molecular weight excluding hydrogens is 359 g/mol. The molecule has 0 aliphatic carbocycles. The lowest BCUT2D eigenvalue weighted by Gasteiger charge is -2.07. The Morgan fingerprint density at radius 1 is 1.58 bits per heavy atom. The van der Waals surface area contributed by atoms with Crippen LogP contribution >= 0.6 is 22.6 Å². The molecule has 0 atom stereocenters. The van der Waals surface area contributed by atoms with E-state index in [2.05, 4.69) is 10.4 Å². The van der Waals surface area contributed by atoms with Crippen molar-refractivity contribution >= 4 is 34.3 Å². The van der Waals surface area contributed by atoms with Gasteiger partial charge in [0.2, 0.25) is 0 Å². The number of phenols is 1. The van der Waals surface area contributed by atoms with Crippen molar-refractivity contribution in [2.45, 2.75) is 0 Å². The molecule has 2 aromatic rings. The van der Waals surface area contributed by atoms with E-state index in [1.165, 1.54) is 16.9 Å². The van der Waals surface area contributed by atoms with E-state index < -0.39 is 5.91 Å². The van der Waals surface area contributed by atoms with Gasteiger partial charge in [-0.05, 0) is 40.8 Å². The summed E-state index contributed by atoms with van der Waals surface area (Å²) in [4.78, 5) is 12.0. The van der Waals surface area contributed by atoms with Crippen LogP contribution in [-0.2, 0) is 7.05 Å². The smallest absolute Gasteiger partial charge is 0.256 e. The number of hydrogen-bond acceptors (Lipinski definition) is 4. The summed E-state index contributed by atoms with van der Waals surface area (Å²) in [7, 11) is 1.63. The van der Waals surface area contributed by atoms with Crippen LogP contribution in [0.3, 0.4) is 0 Å². The second kappa shape index (κ2) is 5.27. The van der Waals surface area contributed by atoms with Gasteiger partial charge < -0.3 is 10.4 Å². The predicted molar refractivity (Wildman–Crippen MR) is 76.7 cm³/mol. The molecule has 0 aliphatic rings. The molecule has 2 rings (SSSR count). The van der Waals surface area contributed by atoms with Crippen LogP contribution in [-0.4, -0.2) is 20.8 Å². The summed E-state index contributed by atoms with van der Waals surface area (Å²) in [6.45, 7) is 0. The Labute approximate surface area is 122 Å². The van der Waals surface area contributed by atoms with Gasteiger partial charge in [0.15, 0.2) is 0 Å². The number of halogens is 1. The lowest BCUT2D eigenvalue weighted by molar-refractivity contribution is 0.102. The minimum atomic E-state index is -0.410. The largest absolute Gasteiger partial charge is 0.507 e. The molecule has 7 heteroatoms. The average Bonchev–Trinajstić information content (AvgIpc) is 2.74. The maximum Gasteiger partial charge on any atom is 0.256 e. The number of phenolic OH excluding ortho intramolecular Hbond substituents is 1. The third-order valence-corrected chi connectivity index (χ3v) is 3.41. The third kappa shape index (κ3) is 2.68. The second-order valence-electron chi connectivity index (χ2n) is 3.76. The van der Waals surface area contributed by atoms with Crippen molar-refractivity contribution in [3.8, 4) is 11.8 Å². The maximum atomic E-state index is 12.0. The third-order valence-electron chi connectivity index (χ3n) is 2.50. The molecule has 0 spiro atoms. The highest BCUT2D eigenvalue weighted by molar-refractivity contribution is 14.1. The van der Waals surface area contributed by atoms with Crippen LogP contribution in [0.4, 0.5) is 5.82 Å². The lowest BCUT2D eigenvalue weighted by Crippen LogP contribution is -2.15. The van der Waals surface area contributed by atoms with E-state index in [9.17, 15) is 9.90 Å². The summed E-state index contributed by atoms with van der Waals surface area (Å²) in [6, 6.07) is 6.55. The van der Waals surface area contributed by atoms with Crippen LogP contribution in [0.15, 0.2) is 24.4 Å². The number of nitrogens with zero attached hydrogens (tertiary/aromatic N) is 3. The highest BCUT2D eigenvalue weighted by Gasteiger charge is 2.14. The number of anilines is 1. The van der Waals surface area contributed by atoms with E-state index >= 15 is 0 Å². The Hall–Kier alpha value is -2.08. The SMILES string of the molecule is Cn1ncc(C#N)c1NC(=O)c1ccc(I)c(O)c1. The molecule has 0 saturated carbocycles. The van der Waals surface area contributed by atoms with E-state index in [0.717, 1.165) is 0 Å². The van der Waals surface area contributed by atoms with Gasteiger partial charge in [-0.1, -0.05) is 0 Å². The Morgan fingerprint density at radius 3 is 2.95 bits per heavy atom. The molecule has 0 fully saturated rings. The van der Waals surface area contributed by atoms with Crippen molar-refractivity contribution in [3.05, 3.63) is 39.1 Å². The van der Waals surface area contributed by atoms with Gasteiger partial charge in [-0.25, -0.2) is 0 Å². The number of rotatable bonds is 2. The molecular formula is C12H9IN4O2. The number of aromatic nitrogens is 2. The Morgan fingerprint density at radius 2 is 2.32 bits per heavy atom. The zero-order valence-corrected chi connectivity index (χ0v) is 12.0. The summed E-state index contributed by atoms with van der Waals surface area (Å²) in [5.74, 6) is -0.0453. The van der Waals surface area contributed by atoms with Crippen LogP contribution in [0, 0.1) is 14.9 Å². The van der Waals surface area contributed by atoms with E-state index in [-0.39, 0.29) is 11.3 Å². The molecule has 0 unspecified atom stereocenters. The number of aromatic hydroxyl groups is 1. The zero-order valence-electron chi connectivity index (χ0n) is 9.88. The van der Waals surface area contributed by atoms with Crippen molar-refractivity contribution < 1.29 is 9.90 Å². The van der Waals surface area contributed by atoms with E-state index in [4.69, 9.17) is 5.26 Å². The van der Waals surface area contributed by atoms with Gasteiger partial charge in [0.05, 0.1) is 9.77 Å².